The van der Waals surface area contributed by atoms with E-state index < -0.39 is 0 Å². The van der Waals surface area contributed by atoms with Crippen molar-refractivity contribution in [3.05, 3.63) is 41.1 Å². The molecule has 1 aliphatic heterocycles. The minimum Gasteiger partial charge on any atom is -0.420 e. The molecule has 1 aromatic heterocycles. The number of hydrogen-bond acceptors (Lipinski definition) is 4. The SMILES string of the molecule is Cc1nnc(C[NH+]2CC[NH+](CC(=O)Nc3cccc(C)c3C)CC2)o1. The number of anilines is 1. The minimum absolute atomic E-state index is 0.0830. The summed E-state index contributed by atoms with van der Waals surface area (Å²) in [5.41, 5.74) is 3.24. The minimum atomic E-state index is 0.0830. The number of benzene rings is 1. The predicted octanol–water partition coefficient (Wildman–Crippen LogP) is -1.08. The molecule has 2 aromatic rings. The first-order valence-corrected chi connectivity index (χ1v) is 8.83. The van der Waals surface area contributed by atoms with Crippen LogP contribution in [-0.4, -0.2) is 48.8 Å². The zero-order valence-corrected chi connectivity index (χ0v) is 15.2. The second kappa shape index (κ2) is 7.76. The third-order valence-electron chi connectivity index (χ3n) is 4.92. The van der Waals surface area contributed by atoms with Crippen LogP contribution in [0, 0.1) is 20.8 Å². The molecule has 1 amide bonds. The third-order valence-corrected chi connectivity index (χ3v) is 4.92. The monoisotopic (exact) mass is 345 g/mol. The number of amides is 1. The Bertz CT molecular complexity index is 735. The van der Waals surface area contributed by atoms with Crippen LogP contribution < -0.4 is 15.1 Å². The van der Waals surface area contributed by atoms with Crippen molar-refractivity contribution >= 4 is 11.6 Å². The molecular weight excluding hydrogens is 318 g/mol. The van der Waals surface area contributed by atoms with Gasteiger partial charge in [-0.2, -0.15) is 0 Å². The molecule has 0 saturated carbocycles. The third kappa shape index (κ3) is 4.64. The number of nitrogens with one attached hydrogen (secondary N) is 3. The maximum Gasteiger partial charge on any atom is 0.279 e. The van der Waals surface area contributed by atoms with E-state index in [0.717, 1.165) is 44.0 Å². The highest BCUT2D eigenvalue weighted by Crippen LogP contribution is 2.17. The summed E-state index contributed by atoms with van der Waals surface area (Å²) < 4.78 is 5.45. The van der Waals surface area contributed by atoms with E-state index in [0.29, 0.717) is 18.3 Å². The second-order valence-electron chi connectivity index (χ2n) is 6.86. The van der Waals surface area contributed by atoms with E-state index in [2.05, 4.69) is 28.5 Å². The van der Waals surface area contributed by atoms with Gasteiger partial charge < -0.3 is 19.5 Å². The van der Waals surface area contributed by atoms with Gasteiger partial charge in [0.25, 0.3) is 11.8 Å². The quantitative estimate of drug-likeness (QED) is 0.644. The smallest absolute Gasteiger partial charge is 0.279 e. The molecule has 1 aliphatic rings. The van der Waals surface area contributed by atoms with Crippen molar-refractivity contribution in [3.8, 4) is 0 Å². The van der Waals surface area contributed by atoms with Gasteiger partial charge in [-0.1, -0.05) is 12.1 Å². The Balaban J connectivity index is 1.45. The number of piperazine rings is 1. The molecule has 0 bridgehead atoms. The molecule has 0 spiro atoms. The van der Waals surface area contributed by atoms with Crippen molar-refractivity contribution < 1.29 is 19.0 Å². The highest BCUT2D eigenvalue weighted by molar-refractivity contribution is 5.92. The van der Waals surface area contributed by atoms with Crippen LogP contribution in [0.4, 0.5) is 5.69 Å². The zero-order chi connectivity index (χ0) is 17.8. The molecule has 25 heavy (non-hydrogen) atoms. The van der Waals surface area contributed by atoms with Crippen molar-refractivity contribution in [3.63, 3.8) is 0 Å². The Kier molecular flexibility index (Phi) is 5.45. The molecule has 0 radical (unpaired) electrons. The molecule has 1 fully saturated rings. The topological polar surface area (TPSA) is 76.9 Å². The van der Waals surface area contributed by atoms with E-state index in [9.17, 15) is 4.79 Å². The zero-order valence-electron chi connectivity index (χ0n) is 15.2. The lowest BCUT2D eigenvalue weighted by molar-refractivity contribution is -1.02. The highest BCUT2D eigenvalue weighted by Gasteiger charge is 2.26. The van der Waals surface area contributed by atoms with Gasteiger partial charge in [0.2, 0.25) is 5.89 Å². The summed E-state index contributed by atoms with van der Waals surface area (Å²) in [5, 5.41) is 11.0. The molecule has 2 heterocycles. The highest BCUT2D eigenvalue weighted by atomic mass is 16.4. The van der Waals surface area contributed by atoms with E-state index in [1.54, 1.807) is 0 Å². The Morgan fingerprint density at radius 1 is 1.12 bits per heavy atom. The maximum atomic E-state index is 12.3. The van der Waals surface area contributed by atoms with Crippen LogP contribution in [-0.2, 0) is 11.3 Å². The number of quaternary nitrogens is 2. The standard InChI is InChI=1S/C18H25N5O2/c1-13-5-4-6-16(14(13)2)19-17(24)11-22-7-9-23(10-8-22)12-18-21-20-15(3)25-18/h4-6H,7-12H2,1-3H3,(H,19,24)/p+2. The van der Waals surface area contributed by atoms with Crippen LogP contribution in [0.15, 0.2) is 22.6 Å². The Morgan fingerprint density at radius 2 is 1.84 bits per heavy atom. The van der Waals surface area contributed by atoms with Crippen molar-refractivity contribution in [2.75, 3.05) is 38.0 Å². The summed E-state index contributed by atoms with van der Waals surface area (Å²) >= 11 is 0. The molecular formula is C18H27N5O2+2. The van der Waals surface area contributed by atoms with Gasteiger partial charge in [0, 0.05) is 12.6 Å². The Labute approximate surface area is 148 Å². The maximum absolute atomic E-state index is 12.3. The number of carbonyl (C=O) groups excluding carboxylic acids is 1. The number of hydrogen-bond donors (Lipinski definition) is 3. The Hall–Kier alpha value is -2.25. The lowest BCUT2D eigenvalue weighted by atomic mass is 10.1. The van der Waals surface area contributed by atoms with Crippen LogP contribution >= 0.6 is 0 Å². The van der Waals surface area contributed by atoms with Gasteiger partial charge in [0.15, 0.2) is 13.1 Å². The van der Waals surface area contributed by atoms with Gasteiger partial charge in [-0.3, -0.25) is 4.79 Å². The van der Waals surface area contributed by atoms with Gasteiger partial charge in [-0.25, -0.2) is 0 Å². The van der Waals surface area contributed by atoms with E-state index in [-0.39, 0.29) is 5.91 Å². The fourth-order valence-electron chi connectivity index (χ4n) is 3.24. The average Bonchev–Trinajstić information content (AvgIpc) is 2.99. The molecule has 0 unspecified atom stereocenters. The molecule has 7 nitrogen and oxygen atoms in total. The van der Waals surface area contributed by atoms with E-state index >= 15 is 0 Å². The van der Waals surface area contributed by atoms with Crippen molar-refractivity contribution in [2.45, 2.75) is 27.3 Å². The molecule has 3 N–H and O–H groups in total. The summed E-state index contributed by atoms with van der Waals surface area (Å²) in [7, 11) is 0. The van der Waals surface area contributed by atoms with Gasteiger partial charge in [0.1, 0.15) is 26.2 Å². The van der Waals surface area contributed by atoms with Crippen LogP contribution in [0.1, 0.15) is 22.9 Å². The van der Waals surface area contributed by atoms with Gasteiger partial charge in [-0.15, -0.1) is 10.2 Å². The van der Waals surface area contributed by atoms with Crippen molar-refractivity contribution in [2.24, 2.45) is 0 Å². The summed E-state index contributed by atoms with van der Waals surface area (Å²) in [6.45, 7) is 11.2. The summed E-state index contributed by atoms with van der Waals surface area (Å²) in [4.78, 5) is 15.1. The fourth-order valence-corrected chi connectivity index (χ4v) is 3.24. The number of nitrogens with zero attached hydrogens (tertiary/aromatic N) is 2. The molecule has 0 aliphatic carbocycles. The number of aryl methyl sites for hydroxylation is 2. The molecule has 1 saturated heterocycles. The van der Waals surface area contributed by atoms with E-state index in [4.69, 9.17) is 4.42 Å². The summed E-state index contributed by atoms with van der Waals surface area (Å²) in [6.07, 6.45) is 0. The van der Waals surface area contributed by atoms with E-state index in [1.807, 2.05) is 26.0 Å². The lowest BCUT2D eigenvalue weighted by Crippen LogP contribution is -3.28. The van der Waals surface area contributed by atoms with Crippen LogP contribution in [0.25, 0.3) is 0 Å². The van der Waals surface area contributed by atoms with Gasteiger partial charge >= 0.3 is 0 Å². The number of carbonyl (C=O) groups is 1. The summed E-state index contributed by atoms with van der Waals surface area (Å²) in [6, 6.07) is 6.00. The molecule has 3 rings (SSSR count). The fraction of sp³-hybridized carbons (Fsp3) is 0.500. The van der Waals surface area contributed by atoms with Crippen LogP contribution in [0.5, 0.6) is 0 Å². The lowest BCUT2D eigenvalue weighted by Gasteiger charge is -2.28. The largest absolute Gasteiger partial charge is 0.420 e. The molecule has 7 heteroatoms. The number of rotatable bonds is 5. The predicted molar refractivity (Wildman–Crippen MR) is 93.5 cm³/mol. The van der Waals surface area contributed by atoms with E-state index in [1.165, 1.54) is 15.4 Å². The van der Waals surface area contributed by atoms with Gasteiger partial charge in [0.05, 0.1) is 0 Å². The van der Waals surface area contributed by atoms with Crippen molar-refractivity contribution in [1.29, 1.82) is 0 Å². The second-order valence-corrected chi connectivity index (χ2v) is 6.86. The summed E-state index contributed by atoms with van der Waals surface area (Å²) in [5.74, 6) is 1.39. The normalized spacial score (nSPS) is 20.4. The Morgan fingerprint density at radius 3 is 2.52 bits per heavy atom. The molecule has 134 valence electrons. The first-order chi connectivity index (χ1) is 12.0. The first-order valence-electron chi connectivity index (χ1n) is 8.83. The average molecular weight is 345 g/mol. The van der Waals surface area contributed by atoms with Crippen LogP contribution in [0.2, 0.25) is 0 Å². The first kappa shape index (κ1) is 17.6. The number of aromatic nitrogens is 2. The van der Waals surface area contributed by atoms with Crippen molar-refractivity contribution in [1.82, 2.24) is 10.2 Å². The van der Waals surface area contributed by atoms with Crippen LogP contribution in [0.3, 0.4) is 0 Å². The van der Waals surface area contributed by atoms with Gasteiger partial charge in [-0.05, 0) is 31.0 Å². The molecule has 0 atom stereocenters. The molecule has 1 aromatic carbocycles.